The molecule has 0 unspecified atom stereocenters. The molecule has 0 amide bonds. The van der Waals surface area contributed by atoms with Gasteiger partial charge in [0.1, 0.15) is 0 Å². The third-order valence-electron chi connectivity index (χ3n) is 3.65. The van der Waals surface area contributed by atoms with E-state index < -0.39 is 0 Å². The molecule has 0 fully saturated rings. The Labute approximate surface area is 122 Å². The number of nitrogens with two attached hydrogens (primary N) is 1. The Hall–Kier alpha value is -2.94. The predicted molar refractivity (Wildman–Crippen MR) is 86.9 cm³/mol. The highest BCUT2D eigenvalue weighted by Crippen LogP contribution is 2.32. The first-order chi connectivity index (χ1) is 10.3. The van der Waals surface area contributed by atoms with Crippen LogP contribution in [0.2, 0.25) is 0 Å². The molecule has 0 aliphatic carbocycles. The van der Waals surface area contributed by atoms with E-state index in [2.05, 4.69) is 28.2 Å². The van der Waals surface area contributed by atoms with Gasteiger partial charge >= 0.3 is 0 Å². The van der Waals surface area contributed by atoms with Gasteiger partial charge in [0.2, 0.25) is 5.95 Å². The highest BCUT2D eigenvalue weighted by atomic mass is 15.0. The summed E-state index contributed by atoms with van der Waals surface area (Å²) in [7, 11) is 0. The summed E-state index contributed by atoms with van der Waals surface area (Å²) in [5.41, 5.74) is 8.69. The fourth-order valence-corrected chi connectivity index (χ4v) is 2.73. The number of anilines is 1. The molecule has 4 aromatic rings. The van der Waals surface area contributed by atoms with Crippen LogP contribution in [0, 0.1) is 0 Å². The second kappa shape index (κ2) is 4.56. The summed E-state index contributed by atoms with van der Waals surface area (Å²) in [6.07, 6.45) is 0. The Morgan fingerprint density at radius 1 is 0.714 bits per heavy atom. The number of rotatable bonds is 1. The van der Waals surface area contributed by atoms with Gasteiger partial charge in [-0.15, -0.1) is 0 Å². The van der Waals surface area contributed by atoms with Crippen molar-refractivity contribution in [3.8, 4) is 11.3 Å². The summed E-state index contributed by atoms with van der Waals surface area (Å²) in [5, 5.41) is 3.37. The molecular formula is C18H13N3. The van der Waals surface area contributed by atoms with E-state index in [1.807, 2.05) is 48.5 Å². The van der Waals surface area contributed by atoms with E-state index in [9.17, 15) is 0 Å². The maximum absolute atomic E-state index is 5.88. The highest BCUT2D eigenvalue weighted by Gasteiger charge is 2.11. The molecule has 0 aliphatic heterocycles. The standard InChI is InChI=1S/C18H13N3/c19-18-20-15-11-10-12-6-4-5-9-14(12)16(15)17(21-18)13-7-2-1-3-8-13/h1-11H,(H2,19,20,21). The van der Waals surface area contributed by atoms with Crippen LogP contribution in [0.3, 0.4) is 0 Å². The number of nitrogens with zero attached hydrogens (tertiary/aromatic N) is 2. The van der Waals surface area contributed by atoms with Gasteiger partial charge in [0, 0.05) is 10.9 Å². The lowest BCUT2D eigenvalue weighted by Crippen LogP contribution is -1.98. The minimum atomic E-state index is 0.302. The van der Waals surface area contributed by atoms with Crippen LogP contribution in [0.25, 0.3) is 32.9 Å². The van der Waals surface area contributed by atoms with Gasteiger partial charge in [-0.3, -0.25) is 0 Å². The fourth-order valence-electron chi connectivity index (χ4n) is 2.73. The van der Waals surface area contributed by atoms with Crippen molar-refractivity contribution in [1.29, 1.82) is 0 Å². The largest absolute Gasteiger partial charge is 0.368 e. The lowest BCUT2D eigenvalue weighted by Gasteiger charge is -2.09. The van der Waals surface area contributed by atoms with Gasteiger partial charge in [-0.25, -0.2) is 9.97 Å². The summed E-state index contributed by atoms with van der Waals surface area (Å²) in [4.78, 5) is 8.87. The smallest absolute Gasteiger partial charge is 0.221 e. The Balaban J connectivity index is 2.21. The molecule has 4 rings (SSSR count). The van der Waals surface area contributed by atoms with Crippen LogP contribution in [0.15, 0.2) is 66.7 Å². The zero-order valence-electron chi connectivity index (χ0n) is 11.3. The van der Waals surface area contributed by atoms with E-state index in [0.29, 0.717) is 5.95 Å². The van der Waals surface area contributed by atoms with Crippen LogP contribution < -0.4 is 5.73 Å². The van der Waals surface area contributed by atoms with Crippen molar-refractivity contribution in [1.82, 2.24) is 9.97 Å². The molecule has 3 aromatic carbocycles. The maximum Gasteiger partial charge on any atom is 0.221 e. The zero-order chi connectivity index (χ0) is 14.2. The average molecular weight is 271 g/mol. The van der Waals surface area contributed by atoms with Crippen LogP contribution in [-0.4, -0.2) is 9.97 Å². The molecule has 0 bridgehead atoms. The summed E-state index contributed by atoms with van der Waals surface area (Å²) < 4.78 is 0. The Morgan fingerprint density at radius 2 is 1.48 bits per heavy atom. The number of aromatic nitrogens is 2. The summed E-state index contributed by atoms with van der Waals surface area (Å²) >= 11 is 0. The zero-order valence-corrected chi connectivity index (χ0v) is 11.3. The van der Waals surface area contributed by atoms with Crippen molar-refractivity contribution >= 4 is 27.6 Å². The van der Waals surface area contributed by atoms with Crippen molar-refractivity contribution in [2.45, 2.75) is 0 Å². The third-order valence-corrected chi connectivity index (χ3v) is 3.65. The maximum atomic E-state index is 5.88. The summed E-state index contributed by atoms with van der Waals surface area (Å²) in [5.74, 6) is 0.302. The normalized spacial score (nSPS) is 11.0. The summed E-state index contributed by atoms with van der Waals surface area (Å²) in [6, 6.07) is 22.4. The quantitative estimate of drug-likeness (QED) is 0.532. The Kier molecular flexibility index (Phi) is 2.57. The van der Waals surface area contributed by atoms with Gasteiger partial charge in [-0.05, 0) is 16.8 Å². The van der Waals surface area contributed by atoms with Crippen LogP contribution in [0.4, 0.5) is 5.95 Å². The topological polar surface area (TPSA) is 51.8 Å². The molecular weight excluding hydrogens is 258 g/mol. The molecule has 21 heavy (non-hydrogen) atoms. The molecule has 100 valence electrons. The lowest BCUT2D eigenvalue weighted by molar-refractivity contribution is 1.24. The van der Waals surface area contributed by atoms with Crippen molar-refractivity contribution < 1.29 is 0 Å². The molecule has 0 atom stereocenters. The second-order valence-electron chi connectivity index (χ2n) is 4.98. The fraction of sp³-hybridized carbons (Fsp3) is 0. The molecule has 0 spiro atoms. The highest BCUT2D eigenvalue weighted by molar-refractivity contribution is 6.12. The molecule has 1 heterocycles. The number of fused-ring (bicyclic) bond motifs is 3. The monoisotopic (exact) mass is 271 g/mol. The van der Waals surface area contributed by atoms with Crippen molar-refractivity contribution in [3.05, 3.63) is 66.7 Å². The molecule has 3 nitrogen and oxygen atoms in total. The SMILES string of the molecule is Nc1nc(-c2ccccc2)c2c(ccc3ccccc32)n1. The van der Waals surface area contributed by atoms with Gasteiger partial charge in [-0.2, -0.15) is 0 Å². The first kappa shape index (κ1) is 11.9. The van der Waals surface area contributed by atoms with Crippen LogP contribution in [0.5, 0.6) is 0 Å². The number of hydrogen-bond donors (Lipinski definition) is 1. The Bertz CT molecular complexity index is 946. The van der Waals surface area contributed by atoms with Gasteiger partial charge in [0.05, 0.1) is 11.2 Å². The van der Waals surface area contributed by atoms with Crippen molar-refractivity contribution in [3.63, 3.8) is 0 Å². The van der Waals surface area contributed by atoms with Gasteiger partial charge in [0.15, 0.2) is 0 Å². The van der Waals surface area contributed by atoms with Crippen molar-refractivity contribution in [2.75, 3.05) is 5.73 Å². The van der Waals surface area contributed by atoms with E-state index >= 15 is 0 Å². The summed E-state index contributed by atoms with van der Waals surface area (Å²) in [6.45, 7) is 0. The van der Waals surface area contributed by atoms with Gasteiger partial charge in [-0.1, -0.05) is 60.7 Å². The van der Waals surface area contributed by atoms with Crippen molar-refractivity contribution in [2.24, 2.45) is 0 Å². The molecule has 0 aliphatic rings. The average Bonchev–Trinajstić information content (AvgIpc) is 2.54. The predicted octanol–water partition coefficient (Wildman–Crippen LogP) is 4.03. The number of hydrogen-bond acceptors (Lipinski definition) is 3. The van der Waals surface area contributed by atoms with Crippen LogP contribution in [-0.2, 0) is 0 Å². The number of benzene rings is 3. The van der Waals surface area contributed by atoms with Gasteiger partial charge < -0.3 is 5.73 Å². The Morgan fingerprint density at radius 3 is 2.33 bits per heavy atom. The van der Waals surface area contributed by atoms with Gasteiger partial charge in [0.25, 0.3) is 0 Å². The minimum Gasteiger partial charge on any atom is -0.368 e. The van der Waals surface area contributed by atoms with E-state index in [0.717, 1.165) is 27.5 Å². The van der Waals surface area contributed by atoms with Crippen LogP contribution in [0.1, 0.15) is 0 Å². The van der Waals surface area contributed by atoms with Crippen LogP contribution >= 0.6 is 0 Å². The number of nitrogen functional groups attached to an aromatic ring is 1. The van der Waals surface area contributed by atoms with E-state index in [1.165, 1.54) is 5.39 Å². The molecule has 1 aromatic heterocycles. The lowest BCUT2D eigenvalue weighted by atomic mass is 10.0. The minimum absolute atomic E-state index is 0.302. The molecule has 3 heteroatoms. The molecule has 0 saturated heterocycles. The second-order valence-corrected chi connectivity index (χ2v) is 4.98. The molecule has 0 radical (unpaired) electrons. The first-order valence-electron chi connectivity index (χ1n) is 6.83. The molecule has 0 saturated carbocycles. The van der Waals surface area contributed by atoms with E-state index in [1.54, 1.807) is 0 Å². The molecule has 2 N–H and O–H groups in total. The first-order valence-corrected chi connectivity index (χ1v) is 6.83. The van der Waals surface area contributed by atoms with E-state index in [4.69, 9.17) is 5.73 Å². The third kappa shape index (κ3) is 1.91. The van der Waals surface area contributed by atoms with E-state index in [-0.39, 0.29) is 0 Å².